The summed E-state index contributed by atoms with van der Waals surface area (Å²) in [5.74, 6) is 0. The Balaban J connectivity index is -0.000000720. The van der Waals surface area contributed by atoms with Gasteiger partial charge in [0.1, 0.15) is 0 Å². The van der Waals surface area contributed by atoms with Gasteiger partial charge in [-0.1, -0.05) is 0 Å². The molecule has 2 N–H and O–H groups in total. The van der Waals surface area contributed by atoms with E-state index in [0.717, 1.165) is 0 Å². The molecule has 0 fully saturated rings. The summed E-state index contributed by atoms with van der Waals surface area (Å²) >= 11 is -0.967. The van der Waals surface area contributed by atoms with Gasteiger partial charge in [-0.15, -0.1) is 0 Å². The number of hydrogen-bond acceptors (Lipinski definition) is 0. The Bertz CT molecular complexity index is 82.6. The van der Waals surface area contributed by atoms with Gasteiger partial charge in [-0.3, -0.25) is 0 Å². The molecule has 0 aliphatic rings. The van der Waals surface area contributed by atoms with Gasteiger partial charge in [0.2, 0.25) is 0 Å². The molecule has 0 heterocycles. The molecular weight excluding hydrogens is 279 g/mol. The fourth-order valence-corrected chi connectivity index (χ4v) is 12.8. The van der Waals surface area contributed by atoms with Gasteiger partial charge in [-0.2, -0.15) is 0 Å². The van der Waals surface area contributed by atoms with Crippen LogP contribution in [-0.4, -0.2) is 25.2 Å². The first-order chi connectivity index (χ1) is 6.35. The maximum Gasteiger partial charge on any atom is 1.00 e. The second-order valence-electron chi connectivity index (χ2n) is 4.29. The van der Waals surface area contributed by atoms with Crippen molar-refractivity contribution in [2.75, 3.05) is 0 Å². The van der Waals surface area contributed by atoms with Gasteiger partial charge in [0.25, 0.3) is 0 Å². The van der Waals surface area contributed by atoms with Crippen LogP contribution in [0.3, 0.4) is 0 Å². The van der Waals surface area contributed by atoms with Crippen molar-refractivity contribution >= 4 is 19.8 Å². The van der Waals surface area contributed by atoms with E-state index in [1.807, 2.05) is 0 Å². The van der Waals surface area contributed by atoms with Gasteiger partial charge in [-0.25, -0.2) is 0 Å². The van der Waals surface area contributed by atoms with Crippen LogP contribution in [0.1, 0.15) is 60.7 Å². The second kappa shape index (κ2) is 13.8. The van der Waals surface area contributed by atoms with Crippen LogP contribution in [0.25, 0.3) is 0 Å². The summed E-state index contributed by atoms with van der Waals surface area (Å²) in [4.78, 5) is 0. The molecule has 1 nitrogen and oxygen atoms in total. The molecule has 0 aromatic rings. The SMILES string of the molecule is CCC[CH2][SnH]([CH2]CCC)[CH2]CCC.O.[H+]. The van der Waals surface area contributed by atoms with E-state index in [4.69, 9.17) is 0 Å². The van der Waals surface area contributed by atoms with Crippen molar-refractivity contribution in [3.05, 3.63) is 0 Å². The summed E-state index contributed by atoms with van der Waals surface area (Å²) < 4.78 is 5.08. The number of rotatable bonds is 9. The summed E-state index contributed by atoms with van der Waals surface area (Å²) in [7, 11) is 0. The summed E-state index contributed by atoms with van der Waals surface area (Å²) in [5.41, 5.74) is 0. The second-order valence-corrected chi connectivity index (χ2v) is 14.2. The predicted molar refractivity (Wildman–Crippen MR) is 71.0 cm³/mol. The van der Waals surface area contributed by atoms with Gasteiger partial charge in [0, 0.05) is 0 Å². The average molecular weight is 310 g/mol. The van der Waals surface area contributed by atoms with E-state index in [9.17, 15) is 0 Å². The van der Waals surface area contributed by atoms with Crippen LogP contribution < -0.4 is 0 Å². The van der Waals surface area contributed by atoms with E-state index in [1.165, 1.54) is 38.5 Å². The zero-order valence-electron chi connectivity index (χ0n) is 11.4. The maximum absolute atomic E-state index is 2.34. The minimum absolute atomic E-state index is 0. The van der Waals surface area contributed by atoms with Crippen LogP contribution in [0.5, 0.6) is 0 Å². The van der Waals surface area contributed by atoms with E-state index in [2.05, 4.69) is 20.8 Å². The molecule has 0 amide bonds. The summed E-state index contributed by atoms with van der Waals surface area (Å²) in [6, 6.07) is 0. The van der Waals surface area contributed by atoms with Crippen molar-refractivity contribution < 1.29 is 6.90 Å². The standard InChI is InChI=1S/3C4H9.H2O.Sn.H/c3*1-3-4-2;;;/h3*1,3-4H2,2H3;1H2;;/p+1. The molecule has 0 aliphatic carbocycles. The molecule has 14 heavy (non-hydrogen) atoms. The molecule has 0 aromatic carbocycles. The minimum Gasteiger partial charge on any atom is -0.412 e. The van der Waals surface area contributed by atoms with E-state index >= 15 is 0 Å². The molecule has 0 radical (unpaired) electrons. The van der Waals surface area contributed by atoms with Crippen molar-refractivity contribution in [2.45, 2.75) is 72.6 Å². The van der Waals surface area contributed by atoms with E-state index in [1.54, 1.807) is 13.3 Å². The van der Waals surface area contributed by atoms with Gasteiger partial charge < -0.3 is 5.48 Å². The summed E-state index contributed by atoms with van der Waals surface area (Å²) in [5, 5.41) is 0. The molecule has 0 spiro atoms. The molecule has 0 unspecified atom stereocenters. The largest absolute Gasteiger partial charge is 1.00 e. The molecule has 0 saturated heterocycles. The van der Waals surface area contributed by atoms with Crippen molar-refractivity contribution in [3.63, 3.8) is 0 Å². The first kappa shape index (κ1) is 17.2. The van der Waals surface area contributed by atoms with E-state index in [-0.39, 0.29) is 6.90 Å². The molecule has 0 aliphatic heterocycles. The molecule has 2 heteroatoms. The van der Waals surface area contributed by atoms with Crippen LogP contribution in [0.4, 0.5) is 0 Å². The monoisotopic (exact) mass is 311 g/mol. The molecule has 0 bridgehead atoms. The Morgan fingerprint density at radius 2 is 1.00 bits per heavy atom. The number of hydrogen-bond donors (Lipinski definition) is 0. The van der Waals surface area contributed by atoms with Crippen molar-refractivity contribution in [3.8, 4) is 0 Å². The maximum atomic E-state index is 2.34. The van der Waals surface area contributed by atoms with Crippen LogP contribution in [0, 0.1) is 0 Å². The first-order valence-corrected chi connectivity index (χ1v) is 13.3. The molecule has 88 valence electrons. The molecule has 0 atom stereocenters. The van der Waals surface area contributed by atoms with Crippen molar-refractivity contribution in [2.24, 2.45) is 0 Å². The smallest absolute Gasteiger partial charge is 0.412 e. The minimum atomic E-state index is -0.967. The third-order valence-electron chi connectivity index (χ3n) is 2.90. The Kier molecular flexibility index (Phi) is 16.9. The van der Waals surface area contributed by atoms with Crippen LogP contribution >= 0.6 is 0 Å². The fraction of sp³-hybridized carbons (Fsp3) is 1.00. The zero-order chi connectivity index (χ0) is 9.94. The fourth-order valence-electron chi connectivity index (χ4n) is 1.91. The number of unbranched alkanes of at least 4 members (excludes halogenated alkanes) is 3. The van der Waals surface area contributed by atoms with Gasteiger partial charge >= 0.3 is 93.8 Å². The Labute approximate surface area is 99.2 Å². The van der Waals surface area contributed by atoms with E-state index < -0.39 is 19.8 Å². The van der Waals surface area contributed by atoms with E-state index in [0.29, 0.717) is 0 Å². The first-order valence-electron chi connectivity index (χ1n) is 6.35. The Morgan fingerprint density at radius 3 is 1.21 bits per heavy atom. The zero-order valence-corrected chi connectivity index (χ0v) is 13.7. The molecule has 0 saturated carbocycles. The van der Waals surface area contributed by atoms with Crippen LogP contribution in [0.15, 0.2) is 0 Å². The Morgan fingerprint density at radius 1 is 0.714 bits per heavy atom. The average Bonchev–Trinajstić information content (AvgIpc) is 2.17. The molecule has 0 rings (SSSR count). The van der Waals surface area contributed by atoms with Gasteiger partial charge in [0.15, 0.2) is 0 Å². The third kappa shape index (κ3) is 10.8. The quantitative estimate of drug-likeness (QED) is 0.579. The summed E-state index contributed by atoms with van der Waals surface area (Å²) in [6.07, 6.45) is 8.87. The summed E-state index contributed by atoms with van der Waals surface area (Å²) in [6.45, 7) is 7.01. The van der Waals surface area contributed by atoms with Crippen molar-refractivity contribution in [1.82, 2.24) is 0 Å². The topological polar surface area (TPSA) is 31.5 Å². The van der Waals surface area contributed by atoms with Crippen LogP contribution in [0.2, 0.25) is 13.3 Å². The molecule has 0 aromatic heterocycles. The molecular formula is C12H31OSn+. The Hall–Kier alpha value is 0.759. The van der Waals surface area contributed by atoms with Gasteiger partial charge in [0.05, 0.1) is 0 Å². The third-order valence-corrected chi connectivity index (χ3v) is 13.4. The predicted octanol–water partition coefficient (Wildman–Crippen LogP) is 3.90. The normalized spacial score (nSPS) is 10.3. The van der Waals surface area contributed by atoms with Crippen molar-refractivity contribution in [1.29, 1.82) is 0 Å². The van der Waals surface area contributed by atoms with Gasteiger partial charge in [-0.05, 0) is 0 Å². The van der Waals surface area contributed by atoms with Crippen LogP contribution in [-0.2, 0) is 0 Å².